The van der Waals surface area contributed by atoms with E-state index in [2.05, 4.69) is 79.4 Å². The first kappa shape index (κ1) is 30.6. The lowest BCUT2D eigenvalue weighted by Crippen LogP contribution is -2.51. The first-order valence-electron chi connectivity index (χ1n) is 16.7. The maximum Gasteiger partial charge on any atom is 0.230 e. The monoisotopic (exact) mass is 595 g/mol. The van der Waals surface area contributed by atoms with Crippen molar-refractivity contribution in [3.63, 3.8) is 0 Å². The molecular weight excluding hydrogens is 546 g/mol. The summed E-state index contributed by atoms with van der Waals surface area (Å²) in [4.78, 5) is 28.7. The second-order valence-corrected chi connectivity index (χ2v) is 14.4. The first-order valence-corrected chi connectivity index (χ1v) is 16.7. The Hall–Kier alpha value is -3.41. The predicted molar refractivity (Wildman–Crippen MR) is 176 cm³/mol. The molecule has 7 rings (SSSR count). The number of carbonyl (C=O) groups is 2. The summed E-state index contributed by atoms with van der Waals surface area (Å²) in [6.45, 7) is 8.87. The minimum atomic E-state index is -0.0251. The Morgan fingerprint density at radius 1 is 0.955 bits per heavy atom. The van der Waals surface area contributed by atoms with Gasteiger partial charge in [-0.3, -0.25) is 14.3 Å². The highest BCUT2D eigenvalue weighted by Gasteiger charge is 2.50. The summed E-state index contributed by atoms with van der Waals surface area (Å²) in [5.41, 5.74) is 6.17. The van der Waals surface area contributed by atoms with Gasteiger partial charge < -0.3 is 9.64 Å². The zero-order chi connectivity index (χ0) is 31.1. The van der Waals surface area contributed by atoms with E-state index in [0.29, 0.717) is 6.04 Å². The van der Waals surface area contributed by atoms with Crippen molar-refractivity contribution in [3.05, 3.63) is 66.0 Å². The third-order valence-corrected chi connectivity index (χ3v) is 11.4. The number of carbonyl (C=O) groups excluding carboxylic acids is 2. The predicted octanol–water partition coefficient (Wildman–Crippen LogP) is 8.47. The highest BCUT2D eigenvalue weighted by molar-refractivity contribution is 5.96. The number of hydrogen-bond donors (Lipinski definition) is 0. The van der Waals surface area contributed by atoms with E-state index in [1.807, 2.05) is 10.9 Å². The van der Waals surface area contributed by atoms with E-state index in [0.717, 1.165) is 74.1 Å². The fraction of sp³-hybridized carbons (Fsp3) is 0.553. The van der Waals surface area contributed by atoms with E-state index in [-0.39, 0.29) is 34.4 Å². The van der Waals surface area contributed by atoms with Crippen molar-refractivity contribution in [2.45, 2.75) is 103 Å². The second-order valence-electron chi connectivity index (χ2n) is 14.4. The number of ketones is 1. The summed E-state index contributed by atoms with van der Waals surface area (Å²) in [5.74, 6) is 1.54. The molecule has 0 atom stereocenters. The molecule has 4 fully saturated rings. The van der Waals surface area contributed by atoms with Gasteiger partial charge in [-0.1, -0.05) is 24.3 Å². The van der Waals surface area contributed by atoms with Crippen LogP contribution in [0.3, 0.4) is 0 Å². The molecule has 2 bridgehead atoms. The van der Waals surface area contributed by atoms with Crippen LogP contribution in [0.1, 0.15) is 102 Å². The molecule has 6 nitrogen and oxygen atoms in total. The summed E-state index contributed by atoms with van der Waals surface area (Å²) in [6, 6.07) is 15.6. The molecule has 6 heteroatoms. The van der Waals surface area contributed by atoms with Crippen LogP contribution >= 0.6 is 0 Å². The van der Waals surface area contributed by atoms with Crippen molar-refractivity contribution < 1.29 is 14.3 Å². The summed E-state index contributed by atoms with van der Waals surface area (Å²) < 4.78 is 7.53. The SMILES string of the molecule is COc1ccc(C23CCC(CN(C(=O)C4CCC(C(C)=O)CC4)c4cccc(-c5cnn(C(C)C)c5)c4)(CC2)CC3)cc1C. The van der Waals surface area contributed by atoms with Crippen molar-refractivity contribution in [1.29, 1.82) is 0 Å². The first-order chi connectivity index (χ1) is 21.1. The van der Waals surface area contributed by atoms with Gasteiger partial charge in [0.15, 0.2) is 0 Å². The number of Topliss-reactive ketones (excluding diaryl/α,β-unsaturated/α-hetero) is 1. The van der Waals surface area contributed by atoms with Crippen molar-refractivity contribution in [2.75, 3.05) is 18.6 Å². The lowest BCUT2D eigenvalue weighted by atomic mass is 9.51. The molecule has 1 amide bonds. The lowest BCUT2D eigenvalue weighted by Gasteiger charge is -2.55. The quantitative estimate of drug-likeness (QED) is 0.249. The molecule has 0 N–H and O–H groups in total. The summed E-state index contributed by atoms with van der Waals surface area (Å²) in [7, 11) is 1.74. The van der Waals surface area contributed by atoms with Crippen LogP contribution in [0, 0.1) is 24.2 Å². The second kappa shape index (κ2) is 12.2. The number of benzene rings is 2. The Bertz CT molecular complexity index is 1490. The Morgan fingerprint density at radius 3 is 2.23 bits per heavy atom. The van der Waals surface area contributed by atoms with Gasteiger partial charge in [0.2, 0.25) is 5.91 Å². The molecule has 3 aromatic rings. The standard InChI is InChI=1S/C38H49N3O3/c1-26(2)41-24-32(23-39-41)31-7-6-8-34(22-31)40(36(43)30-11-9-29(10-12-30)28(4)42)25-37-15-18-38(19-16-37,20-17-37)33-13-14-35(44-5)27(3)21-33/h6-8,13-14,21-24,26,29-30H,9-12,15-20,25H2,1-5H3. The molecule has 0 aliphatic heterocycles. The molecule has 1 heterocycles. The summed E-state index contributed by atoms with van der Waals surface area (Å²) >= 11 is 0. The molecule has 44 heavy (non-hydrogen) atoms. The van der Waals surface area contributed by atoms with Crippen LogP contribution in [0.25, 0.3) is 11.1 Å². The van der Waals surface area contributed by atoms with Crippen LogP contribution in [0.5, 0.6) is 5.75 Å². The van der Waals surface area contributed by atoms with Crippen molar-refractivity contribution in [3.8, 4) is 16.9 Å². The fourth-order valence-corrected chi connectivity index (χ4v) is 8.36. The minimum absolute atomic E-state index is 0.0251. The van der Waals surface area contributed by atoms with Crippen LogP contribution in [0.2, 0.25) is 0 Å². The number of fused-ring (bicyclic) bond motifs is 3. The zero-order valence-electron chi connectivity index (χ0n) is 27.3. The van der Waals surface area contributed by atoms with Gasteiger partial charge in [-0.15, -0.1) is 0 Å². The number of aryl methyl sites for hydroxylation is 1. The van der Waals surface area contributed by atoms with Gasteiger partial charge >= 0.3 is 0 Å². The third-order valence-electron chi connectivity index (χ3n) is 11.4. The van der Waals surface area contributed by atoms with Crippen molar-refractivity contribution >= 4 is 17.4 Å². The van der Waals surface area contributed by atoms with Gasteiger partial charge in [0.1, 0.15) is 11.5 Å². The van der Waals surface area contributed by atoms with Crippen molar-refractivity contribution in [1.82, 2.24) is 9.78 Å². The van der Waals surface area contributed by atoms with E-state index in [1.165, 1.54) is 30.4 Å². The molecule has 1 aromatic heterocycles. The van der Waals surface area contributed by atoms with Crippen LogP contribution < -0.4 is 9.64 Å². The number of anilines is 1. The zero-order valence-corrected chi connectivity index (χ0v) is 27.3. The number of nitrogens with zero attached hydrogens (tertiary/aromatic N) is 3. The summed E-state index contributed by atoms with van der Waals surface area (Å²) in [6.07, 6.45) is 14.2. The minimum Gasteiger partial charge on any atom is -0.496 e. The highest BCUT2D eigenvalue weighted by Crippen LogP contribution is 2.58. The number of amides is 1. The molecule has 0 unspecified atom stereocenters. The van der Waals surface area contributed by atoms with Gasteiger partial charge in [0.05, 0.1) is 13.3 Å². The van der Waals surface area contributed by atoms with Gasteiger partial charge in [-0.2, -0.15) is 5.10 Å². The molecule has 4 saturated carbocycles. The molecule has 4 aliphatic carbocycles. The Morgan fingerprint density at radius 2 is 1.64 bits per heavy atom. The average Bonchev–Trinajstić information content (AvgIpc) is 3.56. The van der Waals surface area contributed by atoms with Crippen LogP contribution in [0.15, 0.2) is 54.9 Å². The fourth-order valence-electron chi connectivity index (χ4n) is 8.36. The maximum absolute atomic E-state index is 14.5. The van der Waals surface area contributed by atoms with Gasteiger partial charge in [-0.25, -0.2) is 0 Å². The average molecular weight is 596 g/mol. The highest BCUT2D eigenvalue weighted by atomic mass is 16.5. The Kier molecular flexibility index (Phi) is 8.47. The number of methoxy groups -OCH3 is 1. The van der Waals surface area contributed by atoms with Crippen molar-refractivity contribution in [2.24, 2.45) is 17.3 Å². The van der Waals surface area contributed by atoms with E-state index >= 15 is 0 Å². The normalized spacial score (nSPS) is 26.5. The van der Waals surface area contributed by atoms with Gasteiger partial charge in [-0.05, 0) is 138 Å². The topological polar surface area (TPSA) is 64.4 Å². The van der Waals surface area contributed by atoms with E-state index in [9.17, 15) is 9.59 Å². The smallest absolute Gasteiger partial charge is 0.230 e. The molecule has 0 spiro atoms. The lowest BCUT2D eigenvalue weighted by molar-refractivity contribution is -0.127. The van der Waals surface area contributed by atoms with Crippen LogP contribution in [-0.4, -0.2) is 35.1 Å². The van der Waals surface area contributed by atoms with E-state index in [1.54, 1.807) is 14.0 Å². The molecule has 2 aromatic carbocycles. The van der Waals surface area contributed by atoms with Crippen LogP contribution in [0.4, 0.5) is 5.69 Å². The number of rotatable bonds is 9. The molecule has 234 valence electrons. The molecular formula is C38H49N3O3. The van der Waals surface area contributed by atoms with E-state index in [4.69, 9.17) is 4.74 Å². The Labute approximate surface area is 263 Å². The Balaban J connectivity index is 1.26. The third kappa shape index (κ3) is 5.84. The van der Waals surface area contributed by atoms with Crippen LogP contribution in [-0.2, 0) is 15.0 Å². The van der Waals surface area contributed by atoms with E-state index < -0.39 is 0 Å². The summed E-state index contributed by atoms with van der Waals surface area (Å²) in [5, 5.41) is 4.57. The molecule has 0 radical (unpaired) electrons. The number of ether oxygens (including phenoxy) is 1. The van der Waals surface area contributed by atoms with Gasteiger partial charge in [0, 0.05) is 41.9 Å². The molecule has 0 saturated heterocycles. The maximum atomic E-state index is 14.5. The van der Waals surface area contributed by atoms with Gasteiger partial charge in [0.25, 0.3) is 0 Å². The molecule has 4 aliphatic rings. The number of hydrogen-bond acceptors (Lipinski definition) is 4. The largest absolute Gasteiger partial charge is 0.496 e. The number of aromatic nitrogens is 2.